The standard InChI is InChI=1S/C25H31N3O4/c1-2-3-14-31-25(30)28-13-5-7-22(28)24(29)27-12-4-6-20(27)10-11-21-16-19-9-8-18(17-26)15-23(19)32-21/h8-9,15-16,20,22H,2-7,10-14H2,1H3/t20-,22+/m0/s1. The first kappa shape index (κ1) is 22.2. The van der Waals surface area contributed by atoms with E-state index in [4.69, 9.17) is 14.4 Å². The third kappa shape index (κ3) is 4.74. The first-order chi connectivity index (χ1) is 15.6. The molecule has 0 saturated carbocycles. The van der Waals surface area contributed by atoms with Gasteiger partial charge in [0.05, 0.1) is 18.2 Å². The first-order valence-corrected chi connectivity index (χ1v) is 11.8. The quantitative estimate of drug-likeness (QED) is 0.590. The largest absolute Gasteiger partial charge is 0.461 e. The smallest absolute Gasteiger partial charge is 0.410 e. The third-order valence-electron chi connectivity index (χ3n) is 6.58. The second-order valence-electron chi connectivity index (χ2n) is 8.76. The molecule has 1 aromatic carbocycles. The van der Waals surface area contributed by atoms with Crippen molar-refractivity contribution < 1.29 is 18.7 Å². The average molecular weight is 438 g/mol. The Kier molecular flexibility index (Phi) is 6.99. The molecule has 2 saturated heterocycles. The van der Waals surface area contributed by atoms with E-state index in [2.05, 4.69) is 13.0 Å². The highest BCUT2D eigenvalue weighted by Crippen LogP contribution is 2.28. The van der Waals surface area contributed by atoms with Crippen LogP contribution in [0.4, 0.5) is 4.79 Å². The Morgan fingerprint density at radius 2 is 2.00 bits per heavy atom. The number of nitriles is 1. The predicted octanol–water partition coefficient (Wildman–Crippen LogP) is 4.63. The SMILES string of the molecule is CCCCOC(=O)N1CCC[C@@H]1C(=O)N1CCC[C@H]1CCc1cc2ccc(C#N)cc2o1. The molecule has 4 rings (SSSR count). The number of nitrogens with zero attached hydrogens (tertiary/aromatic N) is 3. The molecule has 2 aromatic rings. The fraction of sp³-hybridized carbons (Fsp3) is 0.560. The lowest BCUT2D eigenvalue weighted by Gasteiger charge is -2.31. The van der Waals surface area contributed by atoms with Crippen molar-refractivity contribution in [2.75, 3.05) is 19.7 Å². The van der Waals surface area contributed by atoms with E-state index in [1.165, 1.54) is 0 Å². The minimum atomic E-state index is -0.402. The minimum absolute atomic E-state index is 0.0562. The Labute approximate surface area is 188 Å². The van der Waals surface area contributed by atoms with Gasteiger partial charge in [-0.1, -0.05) is 13.3 Å². The summed E-state index contributed by atoms with van der Waals surface area (Å²) in [6.07, 6.45) is 6.50. The molecule has 32 heavy (non-hydrogen) atoms. The summed E-state index contributed by atoms with van der Waals surface area (Å²) in [5.74, 6) is 0.928. The maximum atomic E-state index is 13.3. The fourth-order valence-electron chi connectivity index (χ4n) is 4.83. The predicted molar refractivity (Wildman–Crippen MR) is 120 cm³/mol. The zero-order valence-electron chi connectivity index (χ0n) is 18.7. The molecule has 0 unspecified atom stereocenters. The van der Waals surface area contributed by atoms with Crippen molar-refractivity contribution in [2.45, 2.75) is 70.4 Å². The number of fused-ring (bicyclic) bond motifs is 1. The van der Waals surface area contributed by atoms with Gasteiger partial charge in [-0.15, -0.1) is 0 Å². The number of carbonyl (C=O) groups excluding carboxylic acids is 2. The number of carbonyl (C=O) groups is 2. The van der Waals surface area contributed by atoms with Gasteiger partial charge in [-0.25, -0.2) is 4.79 Å². The third-order valence-corrected chi connectivity index (χ3v) is 6.58. The molecule has 2 amide bonds. The lowest BCUT2D eigenvalue weighted by atomic mass is 10.1. The van der Waals surface area contributed by atoms with Gasteiger partial charge >= 0.3 is 6.09 Å². The maximum Gasteiger partial charge on any atom is 0.410 e. The number of unbranched alkanes of at least 4 members (excludes halogenated alkanes) is 1. The topological polar surface area (TPSA) is 86.8 Å². The van der Waals surface area contributed by atoms with Crippen molar-refractivity contribution >= 4 is 23.0 Å². The number of hydrogen-bond donors (Lipinski definition) is 0. The van der Waals surface area contributed by atoms with Crippen molar-refractivity contribution in [3.63, 3.8) is 0 Å². The van der Waals surface area contributed by atoms with Crippen LogP contribution < -0.4 is 0 Å². The molecule has 7 nitrogen and oxygen atoms in total. The molecule has 3 heterocycles. The van der Waals surface area contributed by atoms with E-state index in [0.29, 0.717) is 25.1 Å². The molecular formula is C25H31N3O4. The van der Waals surface area contributed by atoms with Gasteiger partial charge in [0.25, 0.3) is 0 Å². The number of ether oxygens (including phenoxy) is 1. The van der Waals surface area contributed by atoms with Crippen LogP contribution in [-0.2, 0) is 16.0 Å². The van der Waals surface area contributed by atoms with Crippen LogP contribution in [0.5, 0.6) is 0 Å². The number of rotatable bonds is 7. The number of aryl methyl sites for hydroxylation is 1. The van der Waals surface area contributed by atoms with Crippen LogP contribution in [0.3, 0.4) is 0 Å². The summed E-state index contributed by atoms with van der Waals surface area (Å²) < 4.78 is 11.3. The minimum Gasteiger partial charge on any atom is -0.461 e. The lowest BCUT2D eigenvalue weighted by molar-refractivity contribution is -0.136. The Morgan fingerprint density at radius 1 is 1.19 bits per heavy atom. The van der Waals surface area contributed by atoms with E-state index in [0.717, 1.165) is 68.2 Å². The molecule has 0 radical (unpaired) electrons. The molecule has 0 aliphatic carbocycles. The molecule has 7 heteroatoms. The Bertz CT molecular complexity index is 1010. The fourth-order valence-corrected chi connectivity index (χ4v) is 4.83. The van der Waals surface area contributed by atoms with E-state index in [1.54, 1.807) is 17.0 Å². The van der Waals surface area contributed by atoms with Crippen molar-refractivity contribution in [3.05, 3.63) is 35.6 Å². The molecule has 2 atom stereocenters. The number of likely N-dealkylation sites (tertiary alicyclic amines) is 2. The molecule has 1 aromatic heterocycles. The normalized spacial score (nSPS) is 20.6. The van der Waals surface area contributed by atoms with Crippen molar-refractivity contribution in [1.29, 1.82) is 5.26 Å². The van der Waals surface area contributed by atoms with Crippen molar-refractivity contribution in [1.82, 2.24) is 9.80 Å². The summed E-state index contributed by atoms with van der Waals surface area (Å²) in [7, 11) is 0. The Balaban J connectivity index is 1.37. The van der Waals surface area contributed by atoms with Crippen LogP contribution in [0.2, 0.25) is 0 Å². The first-order valence-electron chi connectivity index (χ1n) is 11.8. The second-order valence-corrected chi connectivity index (χ2v) is 8.76. The zero-order valence-corrected chi connectivity index (χ0v) is 18.7. The Hall–Kier alpha value is -3.01. The van der Waals surface area contributed by atoms with Gasteiger partial charge in [-0.05, 0) is 62.8 Å². The van der Waals surface area contributed by atoms with Crippen LogP contribution >= 0.6 is 0 Å². The summed E-state index contributed by atoms with van der Waals surface area (Å²) in [6.45, 7) is 3.79. The second kappa shape index (κ2) is 10.1. The molecule has 2 aliphatic heterocycles. The van der Waals surface area contributed by atoms with Crippen LogP contribution in [-0.4, -0.2) is 53.6 Å². The average Bonchev–Trinajstić information content (AvgIpc) is 3.55. The van der Waals surface area contributed by atoms with E-state index < -0.39 is 6.04 Å². The van der Waals surface area contributed by atoms with Gasteiger partial charge in [0.1, 0.15) is 17.4 Å². The van der Waals surface area contributed by atoms with Crippen LogP contribution in [0, 0.1) is 11.3 Å². The molecule has 170 valence electrons. The van der Waals surface area contributed by atoms with Gasteiger partial charge in [0, 0.05) is 30.9 Å². The highest BCUT2D eigenvalue weighted by Gasteiger charge is 2.40. The number of benzene rings is 1. The van der Waals surface area contributed by atoms with Crippen LogP contribution in [0.25, 0.3) is 11.0 Å². The van der Waals surface area contributed by atoms with E-state index in [-0.39, 0.29) is 18.0 Å². The number of amides is 2. The lowest BCUT2D eigenvalue weighted by Crippen LogP contribution is -2.49. The van der Waals surface area contributed by atoms with Crippen LogP contribution in [0.15, 0.2) is 28.7 Å². The highest BCUT2D eigenvalue weighted by atomic mass is 16.6. The molecule has 0 spiro atoms. The Morgan fingerprint density at radius 3 is 2.81 bits per heavy atom. The molecular weight excluding hydrogens is 406 g/mol. The van der Waals surface area contributed by atoms with Gasteiger partial charge in [0.2, 0.25) is 5.91 Å². The van der Waals surface area contributed by atoms with Gasteiger partial charge in [-0.3, -0.25) is 9.69 Å². The summed E-state index contributed by atoms with van der Waals surface area (Å²) in [5.41, 5.74) is 1.31. The van der Waals surface area contributed by atoms with Gasteiger partial charge in [-0.2, -0.15) is 5.26 Å². The monoisotopic (exact) mass is 437 g/mol. The van der Waals surface area contributed by atoms with Crippen molar-refractivity contribution in [2.24, 2.45) is 0 Å². The maximum absolute atomic E-state index is 13.3. The summed E-state index contributed by atoms with van der Waals surface area (Å²) >= 11 is 0. The molecule has 2 aliphatic rings. The van der Waals surface area contributed by atoms with Gasteiger partial charge in [0.15, 0.2) is 0 Å². The number of hydrogen-bond acceptors (Lipinski definition) is 5. The zero-order chi connectivity index (χ0) is 22.5. The van der Waals surface area contributed by atoms with Crippen molar-refractivity contribution in [3.8, 4) is 6.07 Å². The summed E-state index contributed by atoms with van der Waals surface area (Å²) in [6, 6.07) is 9.36. The van der Waals surface area contributed by atoms with Gasteiger partial charge < -0.3 is 14.1 Å². The summed E-state index contributed by atoms with van der Waals surface area (Å²) in [4.78, 5) is 29.4. The molecule has 2 fully saturated rings. The summed E-state index contributed by atoms with van der Waals surface area (Å²) in [5, 5.41) is 10.1. The highest BCUT2D eigenvalue weighted by molar-refractivity contribution is 5.86. The van der Waals surface area contributed by atoms with E-state index >= 15 is 0 Å². The van der Waals surface area contributed by atoms with Crippen LogP contribution in [0.1, 0.15) is 63.2 Å². The number of furan rings is 1. The molecule has 0 bridgehead atoms. The van der Waals surface area contributed by atoms with E-state index in [1.807, 2.05) is 17.0 Å². The van der Waals surface area contributed by atoms with E-state index in [9.17, 15) is 9.59 Å². The molecule has 0 N–H and O–H groups in total.